The van der Waals surface area contributed by atoms with Crippen molar-refractivity contribution in [3.05, 3.63) is 48.5 Å². The molecule has 6 nitrogen and oxygen atoms in total. The van der Waals surface area contributed by atoms with Crippen LogP contribution in [0.2, 0.25) is 0 Å². The van der Waals surface area contributed by atoms with Gasteiger partial charge in [-0.3, -0.25) is 4.79 Å². The smallest absolute Gasteiger partial charge is 0.243 e. The molecule has 2 N–H and O–H groups in total. The second-order valence-corrected chi connectivity index (χ2v) is 5.35. The molecule has 1 unspecified atom stereocenters. The van der Waals surface area contributed by atoms with Crippen LogP contribution in [0.15, 0.2) is 48.5 Å². The van der Waals surface area contributed by atoms with Gasteiger partial charge in [-0.05, 0) is 36.4 Å². The molecule has 0 spiro atoms. The number of rotatable bonds is 5. The van der Waals surface area contributed by atoms with Crippen molar-refractivity contribution in [3.63, 3.8) is 0 Å². The van der Waals surface area contributed by atoms with Crippen LogP contribution in [-0.2, 0) is 9.53 Å². The molecule has 1 aliphatic heterocycles. The van der Waals surface area contributed by atoms with Crippen molar-refractivity contribution in [2.24, 2.45) is 0 Å². The highest BCUT2D eigenvalue weighted by molar-refractivity contribution is 5.95. The van der Waals surface area contributed by atoms with Crippen molar-refractivity contribution in [1.29, 1.82) is 0 Å². The molecule has 24 heavy (non-hydrogen) atoms. The van der Waals surface area contributed by atoms with Gasteiger partial charge in [0, 0.05) is 12.2 Å². The minimum absolute atomic E-state index is 0.104. The molecule has 0 aromatic heterocycles. The van der Waals surface area contributed by atoms with Crippen molar-refractivity contribution in [2.75, 3.05) is 32.2 Å². The van der Waals surface area contributed by atoms with E-state index in [1.54, 1.807) is 31.4 Å². The predicted molar refractivity (Wildman–Crippen MR) is 90.7 cm³/mol. The van der Waals surface area contributed by atoms with Gasteiger partial charge >= 0.3 is 0 Å². The lowest BCUT2D eigenvalue weighted by atomic mass is 10.2. The molecule has 1 saturated heterocycles. The fourth-order valence-electron chi connectivity index (χ4n) is 2.40. The van der Waals surface area contributed by atoms with Crippen LogP contribution in [0.1, 0.15) is 0 Å². The third kappa shape index (κ3) is 4.04. The van der Waals surface area contributed by atoms with Gasteiger partial charge in [-0.2, -0.15) is 0 Å². The van der Waals surface area contributed by atoms with E-state index in [4.69, 9.17) is 14.2 Å². The van der Waals surface area contributed by atoms with Crippen molar-refractivity contribution in [2.45, 2.75) is 6.04 Å². The minimum Gasteiger partial charge on any atom is -0.493 e. The summed E-state index contributed by atoms with van der Waals surface area (Å²) in [5.41, 5.74) is 0.708. The fourth-order valence-corrected chi connectivity index (χ4v) is 2.40. The number of para-hydroxylation sites is 2. The van der Waals surface area contributed by atoms with Crippen molar-refractivity contribution < 1.29 is 19.0 Å². The third-order valence-electron chi connectivity index (χ3n) is 3.66. The van der Waals surface area contributed by atoms with E-state index in [2.05, 4.69) is 10.6 Å². The van der Waals surface area contributed by atoms with E-state index in [-0.39, 0.29) is 11.9 Å². The van der Waals surface area contributed by atoms with Gasteiger partial charge in [0.25, 0.3) is 0 Å². The summed E-state index contributed by atoms with van der Waals surface area (Å²) in [6, 6.07) is 14.3. The second-order valence-electron chi connectivity index (χ2n) is 5.35. The highest BCUT2D eigenvalue weighted by Crippen LogP contribution is 2.31. The molecular formula is C18H20N2O4. The summed E-state index contributed by atoms with van der Waals surface area (Å²) in [6.07, 6.45) is 0. The normalized spacial score (nSPS) is 17.1. The molecule has 0 bridgehead atoms. The number of nitrogens with one attached hydrogen (secondary N) is 2. The van der Waals surface area contributed by atoms with Gasteiger partial charge in [0.1, 0.15) is 11.8 Å². The van der Waals surface area contributed by atoms with Crippen LogP contribution in [0.5, 0.6) is 17.2 Å². The van der Waals surface area contributed by atoms with E-state index in [1.807, 2.05) is 24.3 Å². The zero-order chi connectivity index (χ0) is 16.8. The van der Waals surface area contributed by atoms with Crippen LogP contribution in [0.3, 0.4) is 0 Å². The molecule has 126 valence electrons. The Bertz CT molecular complexity index is 682. The standard InChI is InChI=1S/C18H20N2O4/c1-22-16-4-2-3-5-17(16)24-14-8-6-13(7-9-14)20-18(21)15-12-23-11-10-19-15/h2-9,15,19H,10-12H2,1H3,(H,20,21). The number of hydrogen-bond acceptors (Lipinski definition) is 5. The number of hydrogen-bond donors (Lipinski definition) is 2. The summed E-state index contributed by atoms with van der Waals surface area (Å²) >= 11 is 0. The van der Waals surface area contributed by atoms with Crippen molar-refractivity contribution in [1.82, 2.24) is 5.32 Å². The number of benzene rings is 2. The first-order valence-electron chi connectivity index (χ1n) is 7.79. The van der Waals surface area contributed by atoms with Crippen LogP contribution in [0.4, 0.5) is 5.69 Å². The average molecular weight is 328 g/mol. The Balaban J connectivity index is 1.61. The molecule has 1 amide bonds. The van der Waals surface area contributed by atoms with E-state index in [1.165, 1.54) is 0 Å². The van der Waals surface area contributed by atoms with E-state index < -0.39 is 0 Å². The van der Waals surface area contributed by atoms with Gasteiger partial charge in [-0.25, -0.2) is 0 Å². The second kappa shape index (κ2) is 7.81. The van der Waals surface area contributed by atoms with E-state index in [9.17, 15) is 4.79 Å². The Labute approximate surface area is 140 Å². The summed E-state index contributed by atoms with van der Waals surface area (Å²) in [4.78, 5) is 12.1. The number of morpholine rings is 1. The lowest BCUT2D eigenvalue weighted by Gasteiger charge is -2.22. The SMILES string of the molecule is COc1ccccc1Oc1ccc(NC(=O)C2COCCN2)cc1. The molecule has 0 saturated carbocycles. The maximum atomic E-state index is 12.1. The maximum absolute atomic E-state index is 12.1. The number of ether oxygens (including phenoxy) is 3. The number of anilines is 1. The Morgan fingerprint density at radius 2 is 1.92 bits per heavy atom. The monoisotopic (exact) mass is 328 g/mol. The van der Waals surface area contributed by atoms with Gasteiger partial charge in [0.05, 0.1) is 20.3 Å². The Morgan fingerprint density at radius 1 is 1.17 bits per heavy atom. The molecule has 3 rings (SSSR count). The average Bonchev–Trinajstić information content (AvgIpc) is 2.64. The topological polar surface area (TPSA) is 68.8 Å². The largest absolute Gasteiger partial charge is 0.493 e. The molecule has 1 fully saturated rings. The summed E-state index contributed by atoms with van der Waals surface area (Å²) < 4.78 is 16.4. The summed E-state index contributed by atoms with van der Waals surface area (Å²) in [5.74, 6) is 1.86. The van der Waals surface area contributed by atoms with Gasteiger partial charge in [0.2, 0.25) is 5.91 Å². The molecule has 0 aliphatic carbocycles. The van der Waals surface area contributed by atoms with Crippen LogP contribution >= 0.6 is 0 Å². The van der Waals surface area contributed by atoms with Gasteiger partial charge in [0.15, 0.2) is 11.5 Å². The Kier molecular flexibility index (Phi) is 5.30. The van der Waals surface area contributed by atoms with Gasteiger partial charge < -0.3 is 24.8 Å². The summed E-state index contributed by atoms with van der Waals surface area (Å²) in [6.45, 7) is 1.71. The van der Waals surface area contributed by atoms with Crippen LogP contribution in [0, 0.1) is 0 Å². The first-order chi connectivity index (χ1) is 11.8. The molecule has 0 radical (unpaired) electrons. The van der Waals surface area contributed by atoms with E-state index >= 15 is 0 Å². The van der Waals surface area contributed by atoms with E-state index in [0.29, 0.717) is 42.7 Å². The first-order valence-corrected chi connectivity index (χ1v) is 7.79. The molecule has 2 aromatic rings. The van der Waals surface area contributed by atoms with Gasteiger partial charge in [-0.15, -0.1) is 0 Å². The number of amides is 1. The third-order valence-corrected chi connectivity index (χ3v) is 3.66. The van der Waals surface area contributed by atoms with Crippen LogP contribution < -0.4 is 20.1 Å². The highest BCUT2D eigenvalue weighted by Gasteiger charge is 2.21. The Hall–Kier alpha value is -2.57. The quantitative estimate of drug-likeness (QED) is 0.882. The molecule has 6 heteroatoms. The number of methoxy groups -OCH3 is 1. The number of carbonyl (C=O) groups is 1. The molecular weight excluding hydrogens is 308 g/mol. The highest BCUT2D eigenvalue weighted by atomic mass is 16.5. The zero-order valence-electron chi connectivity index (χ0n) is 13.5. The molecule has 1 aliphatic rings. The zero-order valence-corrected chi connectivity index (χ0v) is 13.5. The Morgan fingerprint density at radius 3 is 2.58 bits per heavy atom. The van der Waals surface area contributed by atoms with Crippen LogP contribution in [-0.4, -0.2) is 38.8 Å². The summed E-state index contributed by atoms with van der Waals surface area (Å²) in [7, 11) is 1.60. The van der Waals surface area contributed by atoms with Crippen LogP contribution in [0.25, 0.3) is 0 Å². The predicted octanol–water partition coefficient (Wildman–Crippen LogP) is 2.41. The van der Waals surface area contributed by atoms with Crippen molar-refractivity contribution >= 4 is 11.6 Å². The van der Waals surface area contributed by atoms with Crippen molar-refractivity contribution in [3.8, 4) is 17.2 Å². The first kappa shape index (κ1) is 16.3. The maximum Gasteiger partial charge on any atom is 0.243 e. The van der Waals surface area contributed by atoms with Gasteiger partial charge in [-0.1, -0.05) is 12.1 Å². The molecule has 1 atom stereocenters. The minimum atomic E-state index is -0.316. The molecule has 2 aromatic carbocycles. The van der Waals surface area contributed by atoms with E-state index in [0.717, 1.165) is 0 Å². The summed E-state index contributed by atoms with van der Waals surface area (Å²) in [5, 5.41) is 5.98. The molecule has 1 heterocycles. The lowest BCUT2D eigenvalue weighted by molar-refractivity contribution is -0.120. The lowest BCUT2D eigenvalue weighted by Crippen LogP contribution is -2.48. The number of carbonyl (C=O) groups excluding carboxylic acids is 1. The fraction of sp³-hybridized carbons (Fsp3) is 0.278.